The van der Waals surface area contributed by atoms with Crippen molar-refractivity contribution in [1.82, 2.24) is 4.98 Å². The van der Waals surface area contributed by atoms with Crippen molar-refractivity contribution in [2.24, 2.45) is 0 Å². The van der Waals surface area contributed by atoms with Crippen LogP contribution in [0.3, 0.4) is 0 Å². The molecule has 2 aromatic heterocycles. The zero-order valence-corrected chi connectivity index (χ0v) is 15.1. The van der Waals surface area contributed by atoms with E-state index in [9.17, 15) is 9.59 Å². The molecule has 0 aliphatic rings. The molecule has 124 valence electrons. The Morgan fingerprint density at radius 2 is 2.12 bits per heavy atom. The number of carbonyl (C=O) groups excluding carboxylic acids is 2. The van der Waals surface area contributed by atoms with E-state index in [4.69, 9.17) is 16.3 Å². The molecule has 1 amide bonds. The molecule has 0 bridgehead atoms. The number of aromatic nitrogens is 1. The van der Waals surface area contributed by atoms with Crippen LogP contribution in [0.15, 0.2) is 29.6 Å². The van der Waals surface area contributed by atoms with E-state index in [0.29, 0.717) is 27.3 Å². The van der Waals surface area contributed by atoms with E-state index < -0.39 is 0 Å². The Labute approximate surface area is 151 Å². The highest BCUT2D eigenvalue weighted by Gasteiger charge is 2.18. The van der Waals surface area contributed by atoms with Gasteiger partial charge < -0.3 is 4.74 Å². The summed E-state index contributed by atoms with van der Waals surface area (Å²) in [6.07, 6.45) is 0.0872. The second-order valence-electron chi connectivity index (χ2n) is 4.82. The smallest absolute Gasteiger partial charge is 0.311 e. The van der Waals surface area contributed by atoms with Gasteiger partial charge >= 0.3 is 5.97 Å². The van der Waals surface area contributed by atoms with Crippen LogP contribution in [-0.2, 0) is 16.0 Å². The van der Waals surface area contributed by atoms with Crippen LogP contribution in [0.1, 0.15) is 22.3 Å². The maximum Gasteiger partial charge on any atom is 0.311 e. The maximum absolute atomic E-state index is 12.4. The first-order chi connectivity index (χ1) is 11.6. The fourth-order valence-corrected chi connectivity index (χ4v) is 4.24. The average molecular weight is 381 g/mol. The third kappa shape index (κ3) is 3.58. The molecule has 0 saturated heterocycles. The number of nitrogens with one attached hydrogen (secondary N) is 1. The van der Waals surface area contributed by atoms with E-state index in [1.165, 1.54) is 22.7 Å². The summed E-state index contributed by atoms with van der Waals surface area (Å²) >= 11 is 8.89. The summed E-state index contributed by atoms with van der Waals surface area (Å²) in [5.41, 5.74) is 0.566. The normalized spacial score (nSPS) is 10.8. The van der Waals surface area contributed by atoms with Gasteiger partial charge in [-0.1, -0.05) is 29.8 Å². The summed E-state index contributed by atoms with van der Waals surface area (Å²) in [7, 11) is 0. The number of hydrogen-bond donors (Lipinski definition) is 1. The fourth-order valence-electron chi connectivity index (χ4n) is 2.12. The van der Waals surface area contributed by atoms with Crippen LogP contribution in [0.25, 0.3) is 10.1 Å². The summed E-state index contributed by atoms with van der Waals surface area (Å²) in [6, 6.07) is 7.58. The topological polar surface area (TPSA) is 68.3 Å². The van der Waals surface area contributed by atoms with Crippen molar-refractivity contribution < 1.29 is 14.3 Å². The van der Waals surface area contributed by atoms with Crippen molar-refractivity contribution in [3.8, 4) is 0 Å². The number of carbonyl (C=O) groups is 2. The zero-order chi connectivity index (χ0) is 17.1. The minimum absolute atomic E-state index is 0.0872. The second-order valence-corrected chi connectivity index (χ2v) is 7.11. The fraction of sp³-hybridized carbons (Fsp3) is 0.188. The summed E-state index contributed by atoms with van der Waals surface area (Å²) in [5, 5.41) is 6.17. The minimum atomic E-state index is -0.340. The largest absolute Gasteiger partial charge is 0.466 e. The minimum Gasteiger partial charge on any atom is -0.466 e. The molecular weight excluding hydrogens is 368 g/mol. The third-order valence-corrected chi connectivity index (χ3v) is 5.62. The molecule has 24 heavy (non-hydrogen) atoms. The van der Waals surface area contributed by atoms with Crippen LogP contribution in [-0.4, -0.2) is 23.5 Å². The molecule has 0 spiro atoms. The predicted octanol–water partition coefficient (Wildman–Crippen LogP) is 4.37. The Morgan fingerprint density at radius 3 is 2.88 bits per heavy atom. The SMILES string of the molecule is CCOC(=O)Cc1csc(NC(=O)c2sc3ccccc3c2Cl)n1. The van der Waals surface area contributed by atoms with Gasteiger partial charge in [-0.05, 0) is 13.0 Å². The number of halogens is 1. The molecule has 0 saturated carbocycles. The molecule has 0 unspecified atom stereocenters. The third-order valence-electron chi connectivity index (χ3n) is 3.14. The molecule has 2 heterocycles. The predicted molar refractivity (Wildman–Crippen MR) is 97.2 cm³/mol. The van der Waals surface area contributed by atoms with Crippen molar-refractivity contribution in [3.05, 3.63) is 45.2 Å². The van der Waals surface area contributed by atoms with Crippen LogP contribution in [0.4, 0.5) is 5.13 Å². The number of amides is 1. The van der Waals surface area contributed by atoms with Gasteiger partial charge in [-0.15, -0.1) is 22.7 Å². The number of nitrogens with zero attached hydrogens (tertiary/aromatic N) is 1. The van der Waals surface area contributed by atoms with Crippen molar-refractivity contribution in [2.45, 2.75) is 13.3 Å². The molecular formula is C16H13ClN2O3S2. The number of ether oxygens (including phenoxy) is 1. The van der Waals surface area contributed by atoms with E-state index in [0.717, 1.165) is 10.1 Å². The molecule has 3 aromatic rings. The standard InChI is InChI=1S/C16H13ClN2O3S2/c1-2-22-12(20)7-9-8-23-16(18-9)19-15(21)14-13(17)10-5-3-4-6-11(10)24-14/h3-6,8H,2,7H2,1H3,(H,18,19,21). The van der Waals surface area contributed by atoms with E-state index in [-0.39, 0.29) is 18.3 Å². The van der Waals surface area contributed by atoms with Gasteiger partial charge in [-0.25, -0.2) is 4.98 Å². The zero-order valence-electron chi connectivity index (χ0n) is 12.7. The number of anilines is 1. The Balaban J connectivity index is 1.73. The average Bonchev–Trinajstić information content (AvgIpc) is 3.12. The quantitative estimate of drug-likeness (QED) is 0.667. The second kappa shape index (κ2) is 7.29. The van der Waals surface area contributed by atoms with Gasteiger partial charge in [0.05, 0.1) is 23.7 Å². The summed E-state index contributed by atoms with van der Waals surface area (Å²) in [6.45, 7) is 2.08. The lowest BCUT2D eigenvalue weighted by Gasteiger charge is -2.00. The van der Waals surface area contributed by atoms with Gasteiger partial charge in [0.1, 0.15) is 4.88 Å². The van der Waals surface area contributed by atoms with Crippen LogP contribution < -0.4 is 5.32 Å². The molecule has 0 atom stereocenters. The Morgan fingerprint density at radius 1 is 1.33 bits per heavy atom. The number of fused-ring (bicyclic) bond motifs is 1. The van der Waals surface area contributed by atoms with Crippen LogP contribution >= 0.6 is 34.3 Å². The number of thiazole rings is 1. The molecule has 0 aliphatic heterocycles. The number of rotatable bonds is 5. The van der Waals surface area contributed by atoms with Crippen LogP contribution in [0.5, 0.6) is 0 Å². The maximum atomic E-state index is 12.4. The highest BCUT2D eigenvalue weighted by atomic mass is 35.5. The molecule has 0 radical (unpaired) electrons. The Bertz CT molecular complexity index is 904. The van der Waals surface area contributed by atoms with Crippen molar-refractivity contribution in [2.75, 3.05) is 11.9 Å². The molecule has 0 fully saturated rings. The summed E-state index contributed by atoms with van der Waals surface area (Å²) in [4.78, 5) is 28.6. The first kappa shape index (κ1) is 16.9. The Kier molecular flexibility index (Phi) is 5.13. The van der Waals surface area contributed by atoms with Gasteiger partial charge in [0.25, 0.3) is 5.91 Å². The first-order valence-corrected chi connectivity index (χ1v) is 9.24. The molecule has 1 N–H and O–H groups in total. The van der Waals surface area contributed by atoms with Crippen molar-refractivity contribution in [1.29, 1.82) is 0 Å². The van der Waals surface area contributed by atoms with Gasteiger partial charge in [0, 0.05) is 15.5 Å². The van der Waals surface area contributed by atoms with Crippen molar-refractivity contribution in [3.63, 3.8) is 0 Å². The number of thiophene rings is 1. The highest BCUT2D eigenvalue weighted by molar-refractivity contribution is 7.21. The van der Waals surface area contributed by atoms with Crippen LogP contribution in [0.2, 0.25) is 5.02 Å². The lowest BCUT2D eigenvalue weighted by molar-refractivity contribution is -0.142. The van der Waals surface area contributed by atoms with Gasteiger partial charge in [-0.3, -0.25) is 14.9 Å². The number of benzene rings is 1. The number of hydrogen-bond acceptors (Lipinski definition) is 6. The number of esters is 1. The summed E-state index contributed by atoms with van der Waals surface area (Å²) in [5.74, 6) is -0.647. The van der Waals surface area contributed by atoms with Gasteiger partial charge in [0.15, 0.2) is 5.13 Å². The molecule has 1 aromatic carbocycles. The lowest BCUT2D eigenvalue weighted by atomic mass is 10.2. The first-order valence-electron chi connectivity index (χ1n) is 7.17. The van der Waals surface area contributed by atoms with E-state index in [2.05, 4.69) is 10.3 Å². The highest BCUT2D eigenvalue weighted by Crippen LogP contribution is 2.35. The van der Waals surface area contributed by atoms with E-state index in [1.54, 1.807) is 12.3 Å². The van der Waals surface area contributed by atoms with Crippen molar-refractivity contribution >= 4 is 61.4 Å². The molecule has 0 aliphatic carbocycles. The lowest BCUT2D eigenvalue weighted by Crippen LogP contribution is -2.11. The summed E-state index contributed by atoms with van der Waals surface area (Å²) < 4.78 is 5.83. The molecule has 5 nitrogen and oxygen atoms in total. The molecule has 8 heteroatoms. The van der Waals surface area contributed by atoms with Gasteiger partial charge in [0.2, 0.25) is 0 Å². The van der Waals surface area contributed by atoms with Crippen LogP contribution in [0, 0.1) is 0 Å². The monoisotopic (exact) mass is 380 g/mol. The molecule has 3 rings (SSSR count). The van der Waals surface area contributed by atoms with E-state index in [1.807, 2.05) is 24.3 Å². The van der Waals surface area contributed by atoms with Gasteiger partial charge in [-0.2, -0.15) is 0 Å². The Hall–Kier alpha value is -1.96. The van der Waals surface area contributed by atoms with E-state index >= 15 is 0 Å².